The molecular formula is C24H17BrClN3O7S. The number of rotatable bonds is 8. The van der Waals surface area contributed by atoms with Crippen molar-refractivity contribution in [3.8, 4) is 17.6 Å². The predicted octanol–water partition coefficient (Wildman–Crippen LogP) is 5.64. The summed E-state index contributed by atoms with van der Waals surface area (Å²) in [6.07, 6.45) is 1.21. The van der Waals surface area contributed by atoms with E-state index < -0.39 is 20.9 Å². The highest BCUT2D eigenvalue weighted by Crippen LogP contribution is 2.39. The molecule has 190 valence electrons. The molecule has 3 aromatic carbocycles. The Kier molecular flexibility index (Phi) is 8.54. The Morgan fingerprint density at radius 2 is 1.86 bits per heavy atom. The van der Waals surface area contributed by atoms with Gasteiger partial charge in [0.2, 0.25) is 0 Å². The summed E-state index contributed by atoms with van der Waals surface area (Å²) in [5.74, 6) is -0.996. The summed E-state index contributed by atoms with van der Waals surface area (Å²) in [6, 6.07) is 14.1. The number of halogens is 2. The van der Waals surface area contributed by atoms with Crippen LogP contribution in [0.4, 0.5) is 11.4 Å². The molecule has 37 heavy (non-hydrogen) atoms. The van der Waals surface area contributed by atoms with Crippen LogP contribution in [0.2, 0.25) is 5.02 Å². The Hall–Kier alpha value is -3.92. The lowest BCUT2D eigenvalue weighted by atomic mass is 10.1. The molecule has 0 fully saturated rings. The number of nitrogens with zero attached hydrogens (tertiary/aromatic N) is 2. The zero-order valence-corrected chi connectivity index (χ0v) is 22.3. The van der Waals surface area contributed by atoms with Gasteiger partial charge >= 0.3 is 10.1 Å². The van der Waals surface area contributed by atoms with Crippen molar-refractivity contribution in [2.45, 2.75) is 11.8 Å². The van der Waals surface area contributed by atoms with Crippen LogP contribution in [0.5, 0.6) is 11.5 Å². The van der Waals surface area contributed by atoms with Crippen molar-refractivity contribution in [3.63, 3.8) is 0 Å². The number of nitriles is 1. The minimum Gasteiger partial charge on any atom is -0.493 e. The number of nitro benzene ring substituents is 1. The van der Waals surface area contributed by atoms with Gasteiger partial charge in [0.25, 0.3) is 11.6 Å². The van der Waals surface area contributed by atoms with Crippen LogP contribution in [0.25, 0.3) is 6.08 Å². The lowest BCUT2D eigenvalue weighted by Crippen LogP contribution is -2.14. The third-order valence-electron chi connectivity index (χ3n) is 4.84. The molecule has 1 N–H and O–H groups in total. The number of methoxy groups -OCH3 is 1. The molecular weight excluding hydrogens is 590 g/mol. The van der Waals surface area contributed by atoms with Crippen molar-refractivity contribution in [3.05, 3.63) is 90.9 Å². The molecule has 0 saturated heterocycles. The summed E-state index contributed by atoms with van der Waals surface area (Å²) in [5, 5.41) is 22.9. The fourth-order valence-corrected chi connectivity index (χ4v) is 4.76. The number of carbonyl (C=O) groups excluding carboxylic acids is 1. The largest absolute Gasteiger partial charge is 0.493 e. The highest BCUT2D eigenvalue weighted by atomic mass is 79.9. The number of hydrogen-bond acceptors (Lipinski definition) is 8. The Morgan fingerprint density at radius 3 is 2.46 bits per heavy atom. The first-order valence-corrected chi connectivity index (χ1v) is 12.8. The van der Waals surface area contributed by atoms with Gasteiger partial charge in [0.15, 0.2) is 11.5 Å². The van der Waals surface area contributed by atoms with Gasteiger partial charge in [-0.25, -0.2) is 0 Å². The van der Waals surface area contributed by atoms with Crippen molar-refractivity contribution in [1.29, 1.82) is 5.26 Å². The second kappa shape index (κ2) is 11.4. The molecule has 0 aliphatic carbocycles. The van der Waals surface area contributed by atoms with E-state index in [1.54, 1.807) is 18.2 Å². The van der Waals surface area contributed by atoms with E-state index in [1.165, 1.54) is 49.6 Å². The number of nitrogens with one attached hydrogen (secondary N) is 1. The summed E-state index contributed by atoms with van der Waals surface area (Å²) >= 11 is 9.26. The maximum absolute atomic E-state index is 12.7. The predicted molar refractivity (Wildman–Crippen MR) is 140 cm³/mol. The number of aryl methyl sites for hydroxylation is 1. The van der Waals surface area contributed by atoms with Crippen molar-refractivity contribution < 1.29 is 27.1 Å². The van der Waals surface area contributed by atoms with E-state index in [1.807, 2.05) is 6.92 Å². The minimum atomic E-state index is -4.19. The molecule has 3 aromatic rings. The second-order valence-corrected chi connectivity index (χ2v) is 10.2. The molecule has 0 aliphatic rings. The van der Waals surface area contributed by atoms with Crippen molar-refractivity contribution in [2.75, 3.05) is 12.4 Å². The maximum Gasteiger partial charge on any atom is 0.339 e. The summed E-state index contributed by atoms with van der Waals surface area (Å²) in [4.78, 5) is 23.0. The number of amides is 1. The molecule has 10 nitrogen and oxygen atoms in total. The number of benzene rings is 3. The number of ether oxygens (including phenoxy) is 1. The molecule has 0 radical (unpaired) electrons. The molecule has 0 saturated carbocycles. The second-order valence-electron chi connectivity index (χ2n) is 7.43. The summed E-state index contributed by atoms with van der Waals surface area (Å²) in [5.41, 5.74) is 0.454. The summed E-state index contributed by atoms with van der Waals surface area (Å²) < 4.78 is 36.2. The quantitative estimate of drug-likeness (QED) is 0.114. The smallest absolute Gasteiger partial charge is 0.339 e. The molecule has 0 unspecified atom stereocenters. The fraction of sp³-hybridized carbons (Fsp3) is 0.0833. The standard InChI is InChI=1S/C24H17BrClN3O7S/c1-14-3-6-18(7-4-14)37(33,34)36-23-19(25)10-15(11-22(23)35-2)9-16(13-27)24(30)28-21-12-17(29(31)32)5-8-20(21)26/h3-12H,1-2H3,(H,28,30)/b16-9+. The van der Waals surface area contributed by atoms with Crippen molar-refractivity contribution in [1.82, 2.24) is 0 Å². The number of hydrogen-bond donors (Lipinski definition) is 1. The van der Waals surface area contributed by atoms with Gasteiger partial charge in [-0.3, -0.25) is 14.9 Å². The number of anilines is 1. The van der Waals surface area contributed by atoms with Crippen LogP contribution in [-0.4, -0.2) is 26.4 Å². The number of nitro groups is 1. The maximum atomic E-state index is 12.7. The van der Waals surface area contributed by atoms with Gasteiger partial charge in [-0.2, -0.15) is 13.7 Å². The van der Waals surface area contributed by atoms with Crippen molar-refractivity contribution >= 4 is 61.0 Å². The summed E-state index contributed by atoms with van der Waals surface area (Å²) in [6.45, 7) is 1.82. The van der Waals surface area contributed by atoms with Crippen LogP contribution in [0.15, 0.2) is 69.5 Å². The van der Waals surface area contributed by atoms with E-state index in [2.05, 4.69) is 21.2 Å². The fourth-order valence-electron chi connectivity index (χ4n) is 2.99. The van der Waals surface area contributed by atoms with Crippen LogP contribution in [-0.2, 0) is 14.9 Å². The van der Waals surface area contributed by atoms with E-state index >= 15 is 0 Å². The molecule has 0 atom stereocenters. The van der Waals surface area contributed by atoms with Gasteiger partial charge in [-0.1, -0.05) is 29.3 Å². The van der Waals surface area contributed by atoms with Crippen LogP contribution in [0.3, 0.4) is 0 Å². The molecule has 13 heteroatoms. The monoisotopic (exact) mass is 605 g/mol. The first-order chi connectivity index (χ1) is 17.4. The van der Waals surface area contributed by atoms with Crippen LogP contribution >= 0.6 is 27.5 Å². The third-order valence-corrected chi connectivity index (χ3v) is 6.99. The molecule has 1 amide bonds. The van der Waals surface area contributed by atoms with Crippen LogP contribution in [0.1, 0.15) is 11.1 Å². The van der Waals surface area contributed by atoms with E-state index in [4.69, 9.17) is 20.5 Å². The SMILES string of the molecule is COc1cc(/C=C(\C#N)C(=O)Nc2cc([N+](=O)[O-])ccc2Cl)cc(Br)c1OS(=O)(=O)c1ccc(C)cc1. The Balaban J connectivity index is 1.92. The lowest BCUT2D eigenvalue weighted by Gasteiger charge is -2.14. The van der Waals surface area contributed by atoms with Crippen LogP contribution < -0.4 is 14.2 Å². The van der Waals surface area contributed by atoms with E-state index in [0.29, 0.717) is 5.56 Å². The highest BCUT2D eigenvalue weighted by Gasteiger charge is 2.22. The molecule has 0 bridgehead atoms. The van der Waals surface area contributed by atoms with E-state index in [0.717, 1.165) is 11.6 Å². The Morgan fingerprint density at radius 1 is 1.19 bits per heavy atom. The number of carbonyl (C=O) groups is 1. The van der Waals surface area contributed by atoms with Gasteiger partial charge < -0.3 is 14.2 Å². The van der Waals surface area contributed by atoms with E-state index in [9.17, 15) is 28.6 Å². The average molecular weight is 607 g/mol. The molecule has 0 aromatic heterocycles. The number of non-ortho nitro benzene ring substituents is 1. The van der Waals surface area contributed by atoms with E-state index in [-0.39, 0.29) is 42.8 Å². The molecule has 3 rings (SSSR count). The first kappa shape index (κ1) is 27.7. The Labute approximate surface area is 225 Å². The first-order valence-electron chi connectivity index (χ1n) is 10.2. The highest BCUT2D eigenvalue weighted by molar-refractivity contribution is 9.10. The van der Waals surface area contributed by atoms with Crippen LogP contribution in [0, 0.1) is 28.4 Å². The summed E-state index contributed by atoms with van der Waals surface area (Å²) in [7, 11) is -2.90. The zero-order chi connectivity index (χ0) is 27.3. The lowest BCUT2D eigenvalue weighted by molar-refractivity contribution is -0.384. The molecule has 0 heterocycles. The minimum absolute atomic E-state index is 0.00994. The zero-order valence-electron chi connectivity index (χ0n) is 19.2. The normalized spacial score (nSPS) is 11.4. The third kappa shape index (κ3) is 6.65. The molecule has 0 spiro atoms. The van der Waals surface area contributed by atoms with Gasteiger partial charge in [-0.05, 0) is 64.8 Å². The average Bonchev–Trinajstić information content (AvgIpc) is 2.85. The van der Waals surface area contributed by atoms with Gasteiger partial charge in [0.1, 0.15) is 16.5 Å². The van der Waals surface area contributed by atoms with Gasteiger partial charge in [-0.15, -0.1) is 0 Å². The molecule has 0 aliphatic heterocycles. The van der Waals surface area contributed by atoms with Gasteiger partial charge in [0, 0.05) is 12.1 Å². The topological polar surface area (TPSA) is 149 Å². The van der Waals surface area contributed by atoms with Gasteiger partial charge in [0.05, 0.1) is 27.2 Å². The Bertz CT molecular complexity index is 1570. The van der Waals surface area contributed by atoms with Crippen molar-refractivity contribution in [2.24, 2.45) is 0 Å².